The van der Waals surface area contributed by atoms with E-state index in [4.69, 9.17) is 4.74 Å². The molecule has 1 fully saturated rings. The maximum atomic E-state index is 11.8. The van der Waals surface area contributed by atoms with Crippen LogP contribution in [0.4, 0.5) is 0 Å². The third kappa shape index (κ3) is 3.00. The molecule has 0 aromatic heterocycles. The van der Waals surface area contributed by atoms with Crippen molar-refractivity contribution >= 4 is 11.8 Å². The zero-order chi connectivity index (χ0) is 13.0. The van der Waals surface area contributed by atoms with Gasteiger partial charge < -0.3 is 15.0 Å². The molecule has 18 heavy (non-hydrogen) atoms. The number of benzene rings is 1. The fourth-order valence-corrected chi connectivity index (χ4v) is 1.89. The van der Waals surface area contributed by atoms with Crippen molar-refractivity contribution in [2.75, 3.05) is 20.2 Å². The van der Waals surface area contributed by atoms with Crippen molar-refractivity contribution in [3.63, 3.8) is 0 Å². The second kappa shape index (κ2) is 5.53. The summed E-state index contributed by atoms with van der Waals surface area (Å²) in [5, 5.41) is 2.58. The molecule has 1 aromatic carbocycles. The molecule has 5 heteroatoms. The zero-order valence-corrected chi connectivity index (χ0v) is 10.3. The molecule has 0 radical (unpaired) electrons. The van der Waals surface area contributed by atoms with Gasteiger partial charge in [-0.1, -0.05) is 12.1 Å². The van der Waals surface area contributed by atoms with Crippen LogP contribution in [0.1, 0.15) is 12.0 Å². The van der Waals surface area contributed by atoms with Crippen LogP contribution in [0.3, 0.4) is 0 Å². The van der Waals surface area contributed by atoms with Gasteiger partial charge in [-0.25, -0.2) is 0 Å². The molecule has 0 saturated carbocycles. The van der Waals surface area contributed by atoms with Crippen molar-refractivity contribution in [2.45, 2.75) is 13.0 Å². The summed E-state index contributed by atoms with van der Waals surface area (Å²) in [6.07, 6.45) is 0.357. The van der Waals surface area contributed by atoms with E-state index in [1.54, 1.807) is 12.0 Å². The molecule has 96 valence electrons. The number of nitrogens with zero attached hydrogens (tertiary/aromatic N) is 1. The Hall–Kier alpha value is -2.04. The first-order chi connectivity index (χ1) is 8.69. The summed E-state index contributed by atoms with van der Waals surface area (Å²) in [7, 11) is 1.61. The van der Waals surface area contributed by atoms with Crippen LogP contribution >= 0.6 is 0 Å². The van der Waals surface area contributed by atoms with Crippen LogP contribution in [0, 0.1) is 0 Å². The van der Waals surface area contributed by atoms with Gasteiger partial charge >= 0.3 is 0 Å². The number of carbonyl (C=O) groups excluding carboxylic acids is 2. The third-order valence-corrected chi connectivity index (χ3v) is 2.91. The van der Waals surface area contributed by atoms with Crippen LogP contribution in [0.25, 0.3) is 0 Å². The zero-order valence-electron chi connectivity index (χ0n) is 10.3. The van der Waals surface area contributed by atoms with Crippen LogP contribution in [0.2, 0.25) is 0 Å². The first kappa shape index (κ1) is 12.4. The molecule has 1 aliphatic heterocycles. The standard InChI is InChI=1S/C13H16N2O3/c1-18-11-4-2-3-10(7-11)9-15-6-5-12(16)14-8-13(15)17/h2-4,7H,5-6,8-9H2,1H3,(H,14,16). The average Bonchev–Trinajstić information content (AvgIpc) is 2.54. The van der Waals surface area contributed by atoms with Gasteiger partial charge in [0.25, 0.3) is 0 Å². The first-order valence-electron chi connectivity index (χ1n) is 5.86. The van der Waals surface area contributed by atoms with Gasteiger partial charge in [0.2, 0.25) is 11.8 Å². The van der Waals surface area contributed by atoms with Crippen molar-refractivity contribution in [3.05, 3.63) is 29.8 Å². The fraction of sp³-hybridized carbons (Fsp3) is 0.385. The van der Waals surface area contributed by atoms with E-state index in [0.29, 0.717) is 19.5 Å². The topological polar surface area (TPSA) is 58.6 Å². The summed E-state index contributed by atoms with van der Waals surface area (Å²) in [5.41, 5.74) is 0.997. The van der Waals surface area contributed by atoms with Crippen molar-refractivity contribution in [1.82, 2.24) is 10.2 Å². The minimum Gasteiger partial charge on any atom is -0.497 e. The lowest BCUT2D eigenvalue weighted by Crippen LogP contribution is -2.34. The van der Waals surface area contributed by atoms with E-state index < -0.39 is 0 Å². The largest absolute Gasteiger partial charge is 0.497 e. The van der Waals surface area contributed by atoms with Crippen molar-refractivity contribution in [3.8, 4) is 5.75 Å². The minimum absolute atomic E-state index is 0.0522. The monoisotopic (exact) mass is 248 g/mol. The maximum Gasteiger partial charge on any atom is 0.242 e. The minimum atomic E-state index is -0.0727. The Morgan fingerprint density at radius 1 is 1.39 bits per heavy atom. The molecule has 1 N–H and O–H groups in total. The van der Waals surface area contributed by atoms with Gasteiger partial charge in [0.15, 0.2) is 0 Å². The number of rotatable bonds is 3. The molecular weight excluding hydrogens is 232 g/mol. The summed E-state index contributed by atoms with van der Waals surface area (Å²) in [6, 6.07) is 7.59. The lowest BCUT2D eigenvalue weighted by molar-refractivity contribution is -0.130. The number of ether oxygens (including phenoxy) is 1. The van der Waals surface area contributed by atoms with Crippen molar-refractivity contribution < 1.29 is 14.3 Å². The van der Waals surface area contributed by atoms with E-state index >= 15 is 0 Å². The Morgan fingerprint density at radius 3 is 3.00 bits per heavy atom. The summed E-state index contributed by atoms with van der Waals surface area (Å²) in [6.45, 7) is 1.05. The lowest BCUT2D eigenvalue weighted by atomic mass is 10.2. The lowest BCUT2D eigenvalue weighted by Gasteiger charge is -2.19. The summed E-state index contributed by atoms with van der Waals surface area (Å²) in [4.78, 5) is 24.7. The normalized spacial score (nSPS) is 16.2. The Bertz CT molecular complexity index is 459. The highest BCUT2D eigenvalue weighted by atomic mass is 16.5. The molecule has 0 aliphatic carbocycles. The van der Waals surface area contributed by atoms with Gasteiger partial charge in [-0.05, 0) is 17.7 Å². The molecule has 0 unspecified atom stereocenters. The number of nitrogens with one attached hydrogen (secondary N) is 1. The smallest absolute Gasteiger partial charge is 0.242 e. The van der Waals surface area contributed by atoms with Gasteiger partial charge in [-0.3, -0.25) is 9.59 Å². The number of methoxy groups -OCH3 is 1. The number of hydrogen-bond donors (Lipinski definition) is 1. The number of carbonyl (C=O) groups is 2. The number of hydrogen-bond acceptors (Lipinski definition) is 3. The summed E-state index contributed by atoms with van der Waals surface area (Å²) >= 11 is 0. The highest BCUT2D eigenvalue weighted by molar-refractivity contribution is 5.87. The highest BCUT2D eigenvalue weighted by Gasteiger charge is 2.19. The van der Waals surface area contributed by atoms with E-state index in [1.807, 2.05) is 24.3 Å². The van der Waals surface area contributed by atoms with Crippen LogP contribution in [-0.4, -0.2) is 36.9 Å². The maximum absolute atomic E-state index is 11.8. The Morgan fingerprint density at radius 2 is 2.22 bits per heavy atom. The predicted molar refractivity (Wildman–Crippen MR) is 66.0 cm³/mol. The Kier molecular flexibility index (Phi) is 3.82. The van der Waals surface area contributed by atoms with Gasteiger partial charge in [0.05, 0.1) is 13.7 Å². The molecule has 0 atom stereocenters. The van der Waals surface area contributed by atoms with Crippen LogP contribution in [0.5, 0.6) is 5.75 Å². The van der Waals surface area contributed by atoms with Crippen LogP contribution in [-0.2, 0) is 16.1 Å². The molecule has 1 heterocycles. The Labute approximate surface area is 106 Å². The fourth-order valence-electron chi connectivity index (χ4n) is 1.89. The van der Waals surface area contributed by atoms with E-state index in [-0.39, 0.29) is 18.4 Å². The molecular formula is C13H16N2O3. The van der Waals surface area contributed by atoms with E-state index in [1.165, 1.54) is 0 Å². The van der Waals surface area contributed by atoms with Crippen LogP contribution in [0.15, 0.2) is 24.3 Å². The third-order valence-electron chi connectivity index (χ3n) is 2.91. The summed E-state index contributed by atoms with van der Waals surface area (Å²) < 4.78 is 5.14. The van der Waals surface area contributed by atoms with E-state index in [0.717, 1.165) is 11.3 Å². The molecule has 2 rings (SSSR count). The van der Waals surface area contributed by atoms with Gasteiger partial charge in [0.1, 0.15) is 5.75 Å². The van der Waals surface area contributed by atoms with Crippen molar-refractivity contribution in [1.29, 1.82) is 0 Å². The average molecular weight is 248 g/mol. The quantitative estimate of drug-likeness (QED) is 0.849. The van der Waals surface area contributed by atoms with Gasteiger partial charge in [0, 0.05) is 19.5 Å². The SMILES string of the molecule is COc1cccc(CN2CCC(=O)NCC2=O)c1. The second-order valence-corrected chi connectivity index (χ2v) is 4.19. The molecule has 1 aromatic rings. The molecule has 1 aliphatic rings. The first-order valence-corrected chi connectivity index (χ1v) is 5.86. The van der Waals surface area contributed by atoms with Crippen LogP contribution < -0.4 is 10.1 Å². The highest BCUT2D eigenvalue weighted by Crippen LogP contribution is 2.15. The number of amides is 2. The molecule has 0 spiro atoms. The van der Waals surface area contributed by atoms with E-state index in [9.17, 15) is 9.59 Å². The predicted octanol–water partition coefficient (Wildman–Crippen LogP) is 0.544. The molecule has 0 bridgehead atoms. The van der Waals surface area contributed by atoms with Crippen molar-refractivity contribution in [2.24, 2.45) is 0 Å². The Balaban J connectivity index is 2.07. The van der Waals surface area contributed by atoms with Gasteiger partial charge in [-0.2, -0.15) is 0 Å². The van der Waals surface area contributed by atoms with Gasteiger partial charge in [-0.15, -0.1) is 0 Å². The molecule has 1 saturated heterocycles. The van der Waals surface area contributed by atoms with E-state index in [2.05, 4.69) is 5.32 Å². The second-order valence-electron chi connectivity index (χ2n) is 4.19. The molecule has 2 amide bonds. The summed E-state index contributed by atoms with van der Waals surface area (Å²) in [5.74, 6) is 0.643. The molecule has 5 nitrogen and oxygen atoms in total.